The van der Waals surface area contributed by atoms with Crippen molar-refractivity contribution < 1.29 is 27.5 Å². The fraction of sp³-hybridized carbons (Fsp3) is 0.179. The van der Waals surface area contributed by atoms with Crippen LogP contribution in [0.4, 0.5) is 35.9 Å². The zero-order chi connectivity index (χ0) is 26.9. The summed E-state index contributed by atoms with van der Waals surface area (Å²) in [5, 5.41) is 6.37. The number of halogens is 3. The molecule has 3 aromatic carbocycles. The van der Waals surface area contributed by atoms with E-state index in [-0.39, 0.29) is 36.0 Å². The number of nitrogens with one attached hydrogen (secondary N) is 2. The Kier molecular flexibility index (Phi) is 6.62. The number of nitrogens with zero attached hydrogens (tertiary/aromatic N) is 2. The molecule has 38 heavy (non-hydrogen) atoms. The van der Waals surface area contributed by atoms with Crippen molar-refractivity contribution in [1.82, 2.24) is 4.98 Å². The third-order valence-corrected chi connectivity index (χ3v) is 6.28. The number of hydrogen-bond acceptors (Lipinski definition) is 5. The first-order chi connectivity index (χ1) is 18.2. The second-order valence-electron chi connectivity index (χ2n) is 8.87. The lowest BCUT2D eigenvalue weighted by atomic mass is 10.1. The van der Waals surface area contributed by atoms with E-state index >= 15 is 0 Å². The molecule has 0 bridgehead atoms. The molecule has 1 aliphatic rings. The van der Waals surface area contributed by atoms with Gasteiger partial charge < -0.3 is 20.3 Å². The maximum absolute atomic E-state index is 13.4. The normalized spacial score (nSPS) is 15.5. The highest BCUT2D eigenvalue weighted by atomic mass is 19.4. The molecule has 1 atom stereocenters. The molecule has 1 saturated heterocycles. The van der Waals surface area contributed by atoms with E-state index in [0.717, 1.165) is 6.07 Å². The summed E-state index contributed by atoms with van der Waals surface area (Å²) in [7, 11) is 1.54. The Morgan fingerprint density at radius 1 is 1.00 bits per heavy atom. The van der Waals surface area contributed by atoms with Crippen molar-refractivity contribution in [2.75, 3.05) is 29.2 Å². The van der Waals surface area contributed by atoms with E-state index in [1.54, 1.807) is 71.6 Å². The number of carbonyl (C=O) groups excluding carboxylic acids is 2. The molecular weight excluding hydrogens is 497 g/mol. The van der Waals surface area contributed by atoms with Crippen LogP contribution in [0.15, 0.2) is 78.9 Å². The zero-order valence-corrected chi connectivity index (χ0v) is 20.3. The van der Waals surface area contributed by atoms with Crippen LogP contribution in [0.2, 0.25) is 0 Å². The highest BCUT2D eigenvalue weighted by Crippen LogP contribution is 2.35. The first kappa shape index (κ1) is 25.1. The first-order valence-corrected chi connectivity index (χ1v) is 11.8. The van der Waals surface area contributed by atoms with E-state index in [1.807, 2.05) is 0 Å². The summed E-state index contributed by atoms with van der Waals surface area (Å²) in [6.07, 6.45) is -4.54. The largest absolute Gasteiger partial charge is 0.497 e. The van der Waals surface area contributed by atoms with E-state index in [1.165, 1.54) is 13.2 Å². The van der Waals surface area contributed by atoms with Crippen molar-refractivity contribution >= 4 is 45.5 Å². The summed E-state index contributed by atoms with van der Waals surface area (Å²) < 4.78 is 45.5. The minimum absolute atomic E-state index is 0.0597. The van der Waals surface area contributed by atoms with Gasteiger partial charge in [-0.25, -0.2) is 4.98 Å². The van der Waals surface area contributed by atoms with Crippen LogP contribution in [0.3, 0.4) is 0 Å². The topological polar surface area (TPSA) is 83.6 Å². The molecule has 7 nitrogen and oxygen atoms in total. The Morgan fingerprint density at radius 3 is 2.55 bits per heavy atom. The number of hydrogen-bond donors (Lipinski definition) is 2. The van der Waals surface area contributed by atoms with E-state index < -0.39 is 17.8 Å². The maximum atomic E-state index is 13.4. The van der Waals surface area contributed by atoms with Crippen LogP contribution in [0.1, 0.15) is 12.1 Å². The third kappa shape index (κ3) is 5.24. The van der Waals surface area contributed by atoms with Crippen molar-refractivity contribution in [3.05, 3.63) is 84.6 Å². The van der Waals surface area contributed by atoms with Crippen molar-refractivity contribution in [2.45, 2.75) is 12.6 Å². The molecule has 1 unspecified atom stereocenters. The van der Waals surface area contributed by atoms with Crippen LogP contribution in [-0.2, 0) is 15.8 Å². The van der Waals surface area contributed by atoms with Gasteiger partial charge in [-0.3, -0.25) is 9.59 Å². The number of pyridine rings is 1. The van der Waals surface area contributed by atoms with E-state index in [2.05, 4.69) is 15.6 Å². The number of fused-ring (bicyclic) bond motifs is 1. The van der Waals surface area contributed by atoms with Gasteiger partial charge >= 0.3 is 6.18 Å². The quantitative estimate of drug-likeness (QED) is 0.326. The van der Waals surface area contributed by atoms with Crippen molar-refractivity contribution in [3.63, 3.8) is 0 Å². The number of anilines is 4. The van der Waals surface area contributed by atoms with Gasteiger partial charge in [0.05, 0.1) is 24.2 Å². The molecule has 0 radical (unpaired) electrons. The fourth-order valence-electron chi connectivity index (χ4n) is 4.41. The lowest BCUT2D eigenvalue weighted by Crippen LogP contribution is -2.28. The monoisotopic (exact) mass is 520 g/mol. The average molecular weight is 521 g/mol. The van der Waals surface area contributed by atoms with E-state index in [0.29, 0.717) is 28.2 Å². The van der Waals surface area contributed by atoms with Crippen molar-refractivity contribution in [2.24, 2.45) is 5.92 Å². The third-order valence-electron chi connectivity index (χ3n) is 6.28. The predicted octanol–water partition coefficient (Wildman–Crippen LogP) is 6.00. The van der Waals surface area contributed by atoms with Crippen LogP contribution in [-0.4, -0.2) is 30.5 Å². The van der Waals surface area contributed by atoms with Crippen LogP contribution < -0.4 is 20.3 Å². The Morgan fingerprint density at radius 2 is 1.76 bits per heavy atom. The fourth-order valence-corrected chi connectivity index (χ4v) is 4.41. The zero-order valence-electron chi connectivity index (χ0n) is 20.3. The van der Waals surface area contributed by atoms with Gasteiger partial charge in [0.15, 0.2) is 0 Å². The van der Waals surface area contributed by atoms with Gasteiger partial charge in [-0.2, -0.15) is 13.2 Å². The standard InChI is InChI=1S/C28H23F3N4O3/c1-38-21-9-5-8-20(14-21)35-16-17(12-26(35)36)27(37)33-19-7-4-6-18(13-19)32-24-15-25(28(29,30)31)34-23-11-3-2-10-22(23)24/h2-11,13-15,17H,12,16H2,1H3,(H,32,34)(H,33,37). The molecule has 1 aromatic heterocycles. The number of methoxy groups -OCH3 is 1. The molecule has 10 heteroatoms. The molecule has 2 amide bonds. The van der Waals surface area contributed by atoms with Gasteiger partial charge in [-0.1, -0.05) is 30.3 Å². The summed E-state index contributed by atoms with van der Waals surface area (Å²) in [5.74, 6) is -0.450. The second kappa shape index (κ2) is 10.0. The Balaban J connectivity index is 1.32. The minimum Gasteiger partial charge on any atom is -0.497 e. The summed E-state index contributed by atoms with van der Waals surface area (Å²) >= 11 is 0. The minimum atomic E-state index is -4.60. The number of carbonyl (C=O) groups is 2. The molecule has 0 aliphatic carbocycles. The predicted molar refractivity (Wildman–Crippen MR) is 139 cm³/mol. The Labute approximate surface area is 216 Å². The van der Waals surface area contributed by atoms with Gasteiger partial charge in [0.2, 0.25) is 11.8 Å². The van der Waals surface area contributed by atoms with Gasteiger partial charge in [0.1, 0.15) is 11.4 Å². The Bertz CT molecular complexity index is 1520. The van der Waals surface area contributed by atoms with Crippen LogP contribution in [0, 0.1) is 5.92 Å². The Hall–Kier alpha value is -4.60. The molecular formula is C28H23F3N4O3. The number of rotatable bonds is 6. The lowest BCUT2D eigenvalue weighted by molar-refractivity contribution is -0.140. The molecule has 0 spiro atoms. The van der Waals surface area contributed by atoms with Crippen LogP contribution in [0.5, 0.6) is 5.75 Å². The highest BCUT2D eigenvalue weighted by molar-refractivity contribution is 6.03. The van der Waals surface area contributed by atoms with Gasteiger partial charge in [0.25, 0.3) is 0 Å². The number of benzene rings is 3. The molecule has 2 N–H and O–H groups in total. The average Bonchev–Trinajstić information content (AvgIpc) is 3.30. The van der Waals surface area contributed by atoms with Gasteiger partial charge in [-0.05, 0) is 42.5 Å². The molecule has 5 rings (SSSR count). The molecule has 2 heterocycles. The summed E-state index contributed by atoms with van der Waals surface area (Å²) in [6, 6.07) is 21.2. The smallest absolute Gasteiger partial charge is 0.433 e. The number of aromatic nitrogens is 1. The van der Waals surface area contributed by atoms with Gasteiger partial charge in [0, 0.05) is 41.5 Å². The van der Waals surface area contributed by atoms with Crippen LogP contribution in [0.25, 0.3) is 10.9 Å². The lowest BCUT2D eigenvalue weighted by Gasteiger charge is -2.17. The highest BCUT2D eigenvalue weighted by Gasteiger charge is 2.35. The number of alkyl halides is 3. The summed E-state index contributed by atoms with van der Waals surface area (Å²) in [4.78, 5) is 30.9. The molecule has 1 fully saturated rings. The molecule has 4 aromatic rings. The summed E-state index contributed by atoms with van der Waals surface area (Å²) in [6.45, 7) is 0.221. The second-order valence-corrected chi connectivity index (χ2v) is 8.87. The molecule has 0 saturated carbocycles. The number of amides is 2. The first-order valence-electron chi connectivity index (χ1n) is 11.8. The van der Waals surface area contributed by atoms with Crippen LogP contribution >= 0.6 is 0 Å². The van der Waals surface area contributed by atoms with Gasteiger partial charge in [-0.15, -0.1) is 0 Å². The van der Waals surface area contributed by atoms with E-state index in [9.17, 15) is 22.8 Å². The van der Waals surface area contributed by atoms with Crippen molar-refractivity contribution in [3.8, 4) is 5.75 Å². The molecule has 194 valence electrons. The number of para-hydroxylation sites is 1. The van der Waals surface area contributed by atoms with Crippen molar-refractivity contribution in [1.29, 1.82) is 0 Å². The SMILES string of the molecule is COc1cccc(N2CC(C(=O)Nc3cccc(Nc4cc(C(F)(F)F)nc5ccccc45)c3)CC2=O)c1. The van der Waals surface area contributed by atoms with E-state index in [4.69, 9.17) is 4.74 Å². The molecule has 1 aliphatic heterocycles. The summed E-state index contributed by atoms with van der Waals surface area (Å²) in [5.41, 5.74) is 1.02. The maximum Gasteiger partial charge on any atom is 0.433 e. The number of ether oxygens (including phenoxy) is 1.